The normalized spacial score (nSPS) is 10.4. The first kappa shape index (κ1) is 9.28. The topological polar surface area (TPSA) is 26.0 Å². The lowest BCUT2D eigenvalue weighted by Gasteiger charge is -2.06. The average Bonchev–Trinajstić information content (AvgIpc) is 2.56. The van der Waals surface area contributed by atoms with Crippen molar-refractivity contribution in [3.05, 3.63) is 40.1 Å². The van der Waals surface area contributed by atoms with E-state index in [2.05, 4.69) is 31.4 Å². The molecule has 0 fully saturated rings. The smallest absolute Gasteiger partial charge is 0.0394 e. The summed E-state index contributed by atoms with van der Waals surface area (Å²) >= 11 is 1.76. The van der Waals surface area contributed by atoms with E-state index in [0.717, 1.165) is 11.3 Å². The van der Waals surface area contributed by atoms with Crippen LogP contribution < -0.4 is 5.73 Å². The summed E-state index contributed by atoms with van der Waals surface area (Å²) < 4.78 is 0. The van der Waals surface area contributed by atoms with Gasteiger partial charge in [-0.05, 0) is 43.0 Å². The molecular weight excluding hydrogens is 190 g/mol. The van der Waals surface area contributed by atoms with Crippen LogP contribution in [0.25, 0.3) is 11.1 Å². The summed E-state index contributed by atoms with van der Waals surface area (Å²) in [7, 11) is 0. The van der Waals surface area contributed by atoms with Crippen molar-refractivity contribution in [3.63, 3.8) is 0 Å². The van der Waals surface area contributed by atoms with Crippen LogP contribution in [0.5, 0.6) is 0 Å². The van der Waals surface area contributed by atoms with Gasteiger partial charge in [-0.15, -0.1) is 11.3 Å². The van der Waals surface area contributed by atoms with Crippen molar-refractivity contribution >= 4 is 17.0 Å². The highest BCUT2D eigenvalue weighted by atomic mass is 32.1. The van der Waals surface area contributed by atoms with Crippen LogP contribution in [0.3, 0.4) is 0 Å². The quantitative estimate of drug-likeness (QED) is 0.704. The van der Waals surface area contributed by atoms with Crippen molar-refractivity contribution in [1.29, 1.82) is 0 Å². The molecule has 0 unspecified atom stereocenters. The van der Waals surface area contributed by atoms with Gasteiger partial charge in [0.1, 0.15) is 0 Å². The van der Waals surface area contributed by atoms with Gasteiger partial charge in [-0.25, -0.2) is 0 Å². The maximum atomic E-state index is 5.95. The number of thiophene rings is 1. The van der Waals surface area contributed by atoms with Crippen molar-refractivity contribution in [1.82, 2.24) is 0 Å². The molecule has 0 saturated carbocycles. The molecule has 0 amide bonds. The molecule has 72 valence electrons. The number of hydrogen-bond acceptors (Lipinski definition) is 2. The highest BCUT2D eigenvalue weighted by molar-refractivity contribution is 7.10. The van der Waals surface area contributed by atoms with Crippen molar-refractivity contribution in [2.75, 3.05) is 5.73 Å². The van der Waals surface area contributed by atoms with Gasteiger partial charge in [0.2, 0.25) is 0 Å². The number of anilines is 1. The number of aryl methyl sites for hydroxylation is 2. The molecule has 14 heavy (non-hydrogen) atoms. The summed E-state index contributed by atoms with van der Waals surface area (Å²) in [4.78, 5) is 1.32. The van der Waals surface area contributed by atoms with Crippen LogP contribution in [0.4, 0.5) is 5.69 Å². The second-order valence-corrected chi connectivity index (χ2v) is 4.60. The Balaban J connectivity index is 2.62. The molecule has 0 saturated heterocycles. The largest absolute Gasteiger partial charge is 0.398 e. The molecule has 1 nitrogen and oxygen atoms in total. The van der Waals surface area contributed by atoms with E-state index in [1.54, 1.807) is 11.3 Å². The van der Waals surface area contributed by atoms with E-state index >= 15 is 0 Å². The third-order valence-electron chi connectivity index (χ3n) is 2.36. The number of rotatable bonds is 1. The van der Waals surface area contributed by atoms with Gasteiger partial charge in [-0.1, -0.05) is 11.6 Å². The van der Waals surface area contributed by atoms with Crippen LogP contribution in [0.2, 0.25) is 0 Å². The van der Waals surface area contributed by atoms with Crippen LogP contribution in [0.1, 0.15) is 10.4 Å². The molecule has 2 rings (SSSR count). The minimum Gasteiger partial charge on any atom is -0.398 e. The van der Waals surface area contributed by atoms with Crippen molar-refractivity contribution in [2.24, 2.45) is 0 Å². The lowest BCUT2D eigenvalue weighted by Crippen LogP contribution is -1.90. The van der Waals surface area contributed by atoms with Gasteiger partial charge in [0.25, 0.3) is 0 Å². The molecule has 2 aromatic rings. The number of nitrogen functional groups attached to an aromatic ring is 1. The Morgan fingerprint density at radius 1 is 1.07 bits per heavy atom. The highest BCUT2D eigenvalue weighted by Crippen LogP contribution is 2.32. The zero-order valence-corrected chi connectivity index (χ0v) is 9.19. The maximum Gasteiger partial charge on any atom is 0.0394 e. The van der Waals surface area contributed by atoms with E-state index in [-0.39, 0.29) is 0 Å². The third-order valence-corrected chi connectivity index (χ3v) is 3.20. The molecule has 1 aromatic carbocycles. The predicted octanol–water partition coefficient (Wildman–Crippen LogP) is 3.61. The van der Waals surface area contributed by atoms with Gasteiger partial charge in [0.05, 0.1) is 0 Å². The van der Waals surface area contributed by atoms with Gasteiger partial charge in [0.15, 0.2) is 0 Å². The van der Waals surface area contributed by atoms with E-state index in [4.69, 9.17) is 5.73 Å². The summed E-state index contributed by atoms with van der Waals surface area (Å²) in [6.45, 7) is 4.21. The summed E-state index contributed by atoms with van der Waals surface area (Å²) in [6.07, 6.45) is 0. The Hall–Kier alpha value is -1.28. The molecule has 2 heteroatoms. The van der Waals surface area contributed by atoms with Crippen LogP contribution in [0.15, 0.2) is 29.6 Å². The average molecular weight is 203 g/mol. The molecule has 1 heterocycles. The maximum absolute atomic E-state index is 5.95. The molecule has 2 N–H and O–H groups in total. The fourth-order valence-electron chi connectivity index (χ4n) is 1.57. The Morgan fingerprint density at radius 2 is 1.86 bits per heavy atom. The third kappa shape index (κ3) is 1.53. The molecule has 0 aliphatic carbocycles. The second kappa shape index (κ2) is 3.46. The Morgan fingerprint density at radius 3 is 2.50 bits per heavy atom. The van der Waals surface area contributed by atoms with Crippen LogP contribution in [-0.4, -0.2) is 0 Å². The highest BCUT2D eigenvalue weighted by Gasteiger charge is 2.06. The van der Waals surface area contributed by atoms with Gasteiger partial charge in [0, 0.05) is 16.1 Å². The van der Waals surface area contributed by atoms with Crippen molar-refractivity contribution < 1.29 is 0 Å². The van der Waals surface area contributed by atoms with Crippen molar-refractivity contribution in [3.8, 4) is 11.1 Å². The molecule has 0 atom stereocenters. The summed E-state index contributed by atoms with van der Waals surface area (Å²) in [5.74, 6) is 0. The summed E-state index contributed by atoms with van der Waals surface area (Å²) in [5.41, 5.74) is 10.5. The molecule has 0 aliphatic heterocycles. The van der Waals surface area contributed by atoms with Crippen LogP contribution >= 0.6 is 11.3 Å². The lowest BCUT2D eigenvalue weighted by atomic mass is 10.0. The minimum atomic E-state index is 0.858. The molecule has 0 bridgehead atoms. The first-order valence-electron chi connectivity index (χ1n) is 4.59. The standard InChI is InChI=1S/C12H13NS/c1-8-3-4-12(13)11(7-8)10-5-6-14-9(10)2/h3-7H,13H2,1-2H3. The Labute approximate surface area is 88.2 Å². The Bertz CT molecular complexity index is 457. The first-order valence-corrected chi connectivity index (χ1v) is 5.47. The van der Waals surface area contributed by atoms with E-state index < -0.39 is 0 Å². The number of hydrogen-bond donors (Lipinski definition) is 1. The predicted molar refractivity (Wildman–Crippen MR) is 63.6 cm³/mol. The Kier molecular flexibility index (Phi) is 2.30. The molecule has 0 spiro atoms. The first-order chi connectivity index (χ1) is 6.68. The van der Waals surface area contributed by atoms with Crippen molar-refractivity contribution in [2.45, 2.75) is 13.8 Å². The van der Waals surface area contributed by atoms with E-state index in [1.807, 2.05) is 12.1 Å². The zero-order chi connectivity index (χ0) is 10.1. The number of nitrogens with two attached hydrogens (primary N) is 1. The van der Waals surface area contributed by atoms with Crippen LogP contribution in [0, 0.1) is 13.8 Å². The second-order valence-electron chi connectivity index (χ2n) is 3.48. The molecule has 0 aliphatic rings. The monoisotopic (exact) mass is 203 g/mol. The van der Waals surface area contributed by atoms with Gasteiger partial charge >= 0.3 is 0 Å². The molecule has 1 aromatic heterocycles. The minimum absolute atomic E-state index is 0.858. The lowest BCUT2D eigenvalue weighted by molar-refractivity contribution is 1.46. The van der Waals surface area contributed by atoms with Gasteiger partial charge in [-0.2, -0.15) is 0 Å². The summed E-state index contributed by atoms with van der Waals surface area (Å²) in [5, 5.41) is 2.10. The molecule has 0 radical (unpaired) electrons. The van der Waals surface area contributed by atoms with E-state index in [9.17, 15) is 0 Å². The van der Waals surface area contributed by atoms with Gasteiger partial charge < -0.3 is 5.73 Å². The van der Waals surface area contributed by atoms with E-state index in [1.165, 1.54) is 16.0 Å². The fraction of sp³-hybridized carbons (Fsp3) is 0.167. The SMILES string of the molecule is Cc1ccc(N)c(-c2ccsc2C)c1. The fourth-order valence-corrected chi connectivity index (χ4v) is 2.28. The molecular formula is C12H13NS. The van der Waals surface area contributed by atoms with Crippen LogP contribution in [-0.2, 0) is 0 Å². The number of benzene rings is 1. The van der Waals surface area contributed by atoms with E-state index in [0.29, 0.717) is 0 Å². The zero-order valence-electron chi connectivity index (χ0n) is 8.37. The van der Waals surface area contributed by atoms with Gasteiger partial charge in [-0.3, -0.25) is 0 Å². The summed E-state index contributed by atoms with van der Waals surface area (Å²) in [6, 6.07) is 8.29.